The second-order valence-corrected chi connectivity index (χ2v) is 4.08. The largest absolute Gasteiger partial charge is 0.379 e. The number of hydrogen-bond donors (Lipinski definition) is 2. The van der Waals surface area contributed by atoms with Crippen LogP contribution < -0.4 is 11.1 Å². The number of nitrogens with zero attached hydrogens (tertiary/aromatic N) is 1. The smallest absolute Gasteiger partial charge is 0.295 e. The van der Waals surface area contributed by atoms with Crippen molar-refractivity contribution in [1.29, 1.82) is 0 Å². The quantitative estimate of drug-likeness (QED) is 0.439. The third-order valence-electron chi connectivity index (χ3n) is 2.59. The van der Waals surface area contributed by atoms with E-state index in [0.29, 0.717) is 30.6 Å². The zero-order valence-electron chi connectivity index (χ0n) is 10.3. The summed E-state index contributed by atoms with van der Waals surface area (Å²) >= 11 is 0. The Labute approximate surface area is 105 Å². The molecule has 0 saturated carbocycles. The third-order valence-corrected chi connectivity index (χ3v) is 2.59. The average molecular weight is 251 g/mol. The molecule has 18 heavy (non-hydrogen) atoms. The van der Waals surface area contributed by atoms with E-state index in [-0.39, 0.29) is 16.5 Å². The van der Waals surface area contributed by atoms with Crippen LogP contribution in [0.25, 0.3) is 0 Å². The van der Waals surface area contributed by atoms with Crippen LogP contribution in [0.1, 0.15) is 24.8 Å². The van der Waals surface area contributed by atoms with Crippen molar-refractivity contribution in [1.82, 2.24) is 0 Å². The number of carbonyl (C=O) groups is 1. The molecule has 0 fully saturated rings. The highest BCUT2D eigenvalue weighted by atomic mass is 16.6. The van der Waals surface area contributed by atoms with Gasteiger partial charge in [0.1, 0.15) is 5.69 Å². The number of nitrogens with one attached hydrogen (secondary N) is 1. The zero-order valence-corrected chi connectivity index (χ0v) is 10.3. The topological polar surface area (TPSA) is 98.3 Å². The first-order valence-electron chi connectivity index (χ1n) is 5.78. The molecule has 1 amide bonds. The Morgan fingerprint density at radius 3 is 2.78 bits per heavy atom. The van der Waals surface area contributed by atoms with E-state index in [0.717, 1.165) is 6.42 Å². The Hall–Kier alpha value is -2.11. The van der Waals surface area contributed by atoms with E-state index < -0.39 is 0 Å². The van der Waals surface area contributed by atoms with Crippen molar-refractivity contribution in [3.05, 3.63) is 33.9 Å². The molecule has 3 N–H and O–H groups in total. The first-order chi connectivity index (χ1) is 8.52. The fraction of sp³-hybridized carbons (Fsp3) is 0.417. The minimum atomic E-state index is -0.388. The van der Waals surface area contributed by atoms with E-state index in [4.69, 9.17) is 5.73 Å². The number of amides is 1. The van der Waals surface area contributed by atoms with Crippen molar-refractivity contribution in [2.45, 2.75) is 26.2 Å². The molecular weight excluding hydrogens is 234 g/mol. The van der Waals surface area contributed by atoms with Gasteiger partial charge in [-0.05, 0) is 25.8 Å². The number of rotatable bonds is 7. The molecule has 6 heteroatoms. The molecule has 1 aromatic carbocycles. The maximum absolute atomic E-state index is 10.9. The zero-order chi connectivity index (χ0) is 13.5. The Morgan fingerprint density at radius 2 is 2.17 bits per heavy atom. The fourth-order valence-corrected chi connectivity index (χ4v) is 1.69. The summed E-state index contributed by atoms with van der Waals surface area (Å²) in [5.74, 6) is -0.323. The standard InChI is InChI=1S/C12H17N3O3/c1-9-5-4-6-10(12(9)15(17)18)14-8-3-2-7-11(13)16/h4-6,14H,2-3,7-8H2,1H3,(H2,13,16). The molecule has 0 saturated heterocycles. The number of carbonyl (C=O) groups excluding carboxylic acids is 1. The molecule has 0 aliphatic carbocycles. The first-order valence-corrected chi connectivity index (χ1v) is 5.78. The minimum Gasteiger partial charge on any atom is -0.379 e. The number of para-hydroxylation sites is 1. The average Bonchev–Trinajstić information content (AvgIpc) is 2.27. The Balaban J connectivity index is 2.54. The Bertz CT molecular complexity index is 446. The third kappa shape index (κ3) is 4.04. The van der Waals surface area contributed by atoms with E-state index in [2.05, 4.69) is 5.32 Å². The normalized spacial score (nSPS) is 10.1. The van der Waals surface area contributed by atoms with Crippen LogP contribution in [0.2, 0.25) is 0 Å². The van der Waals surface area contributed by atoms with Crippen LogP contribution in [0.15, 0.2) is 18.2 Å². The van der Waals surface area contributed by atoms with Crippen molar-refractivity contribution >= 4 is 17.3 Å². The van der Waals surface area contributed by atoms with E-state index in [1.165, 1.54) is 0 Å². The number of nitro benzene ring substituents is 1. The van der Waals surface area contributed by atoms with E-state index >= 15 is 0 Å². The SMILES string of the molecule is Cc1cccc(NCCCCC(N)=O)c1[N+](=O)[O-]. The van der Waals surface area contributed by atoms with Crippen LogP contribution in [-0.4, -0.2) is 17.4 Å². The van der Waals surface area contributed by atoms with Crippen molar-refractivity contribution in [3.63, 3.8) is 0 Å². The summed E-state index contributed by atoms with van der Waals surface area (Å²) in [6.07, 6.45) is 1.77. The number of nitrogens with two attached hydrogens (primary N) is 1. The van der Waals surface area contributed by atoms with Gasteiger partial charge in [-0.25, -0.2) is 0 Å². The van der Waals surface area contributed by atoms with E-state index in [1.54, 1.807) is 25.1 Å². The van der Waals surface area contributed by atoms with Gasteiger partial charge in [0.05, 0.1) is 4.92 Å². The molecule has 1 rings (SSSR count). The van der Waals surface area contributed by atoms with Crippen molar-refractivity contribution in [3.8, 4) is 0 Å². The molecule has 6 nitrogen and oxygen atoms in total. The van der Waals surface area contributed by atoms with Crippen LogP contribution in [0.3, 0.4) is 0 Å². The van der Waals surface area contributed by atoms with Gasteiger partial charge in [-0.15, -0.1) is 0 Å². The van der Waals surface area contributed by atoms with Gasteiger partial charge in [0.2, 0.25) is 5.91 Å². The van der Waals surface area contributed by atoms with Gasteiger partial charge in [0.15, 0.2) is 0 Å². The lowest BCUT2D eigenvalue weighted by atomic mass is 10.1. The van der Waals surface area contributed by atoms with Gasteiger partial charge in [-0.1, -0.05) is 12.1 Å². The predicted octanol–water partition coefficient (Wildman–Crippen LogP) is 1.97. The summed E-state index contributed by atoms with van der Waals surface area (Å²) in [7, 11) is 0. The lowest BCUT2D eigenvalue weighted by Gasteiger charge is -2.08. The number of unbranched alkanes of at least 4 members (excludes halogenated alkanes) is 1. The van der Waals surface area contributed by atoms with Crippen LogP contribution in [0.4, 0.5) is 11.4 Å². The number of aryl methyl sites for hydroxylation is 1. The summed E-state index contributed by atoms with van der Waals surface area (Å²) in [5, 5.41) is 13.9. The van der Waals surface area contributed by atoms with E-state index in [1.807, 2.05) is 0 Å². The van der Waals surface area contributed by atoms with Gasteiger partial charge in [0.25, 0.3) is 5.69 Å². The van der Waals surface area contributed by atoms with Crippen molar-refractivity contribution in [2.24, 2.45) is 5.73 Å². The number of anilines is 1. The van der Waals surface area contributed by atoms with Crippen LogP contribution in [-0.2, 0) is 4.79 Å². The molecular formula is C12H17N3O3. The molecule has 0 atom stereocenters. The second kappa shape index (κ2) is 6.58. The van der Waals surface area contributed by atoms with Crippen LogP contribution in [0, 0.1) is 17.0 Å². The summed E-state index contributed by atoms with van der Waals surface area (Å²) < 4.78 is 0. The lowest BCUT2D eigenvalue weighted by molar-refractivity contribution is -0.384. The molecule has 98 valence electrons. The van der Waals surface area contributed by atoms with E-state index in [9.17, 15) is 14.9 Å². The fourth-order valence-electron chi connectivity index (χ4n) is 1.69. The van der Waals surface area contributed by atoms with Gasteiger partial charge < -0.3 is 11.1 Å². The second-order valence-electron chi connectivity index (χ2n) is 4.08. The number of primary amides is 1. The monoisotopic (exact) mass is 251 g/mol. The number of benzene rings is 1. The maximum atomic E-state index is 10.9. The highest BCUT2D eigenvalue weighted by Crippen LogP contribution is 2.27. The number of nitro groups is 1. The van der Waals surface area contributed by atoms with Crippen LogP contribution in [0.5, 0.6) is 0 Å². The molecule has 0 unspecified atom stereocenters. The summed E-state index contributed by atoms with van der Waals surface area (Å²) in [5.41, 5.74) is 6.26. The number of hydrogen-bond acceptors (Lipinski definition) is 4. The maximum Gasteiger partial charge on any atom is 0.295 e. The Kier molecular flexibility index (Phi) is 5.10. The highest BCUT2D eigenvalue weighted by Gasteiger charge is 2.15. The molecule has 0 bridgehead atoms. The molecule has 0 aromatic heterocycles. The molecule has 0 heterocycles. The van der Waals surface area contributed by atoms with Crippen molar-refractivity contribution < 1.29 is 9.72 Å². The van der Waals surface area contributed by atoms with Crippen LogP contribution >= 0.6 is 0 Å². The molecule has 0 aliphatic heterocycles. The Morgan fingerprint density at radius 1 is 1.44 bits per heavy atom. The molecule has 0 radical (unpaired) electrons. The predicted molar refractivity (Wildman–Crippen MR) is 69.4 cm³/mol. The molecule has 0 aliphatic rings. The van der Waals surface area contributed by atoms with Gasteiger partial charge in [-0.2, -0.15) is 0 Å². The van der Waals surface area contributed by atoms with Gasteiger partial charge in [-0.3, -0.25) is 14.9 Å². The van der Waals surface area contributed by atoms with Gasteiger partial charge in [0, 0.05) is 18.5 Å². The first kappa shape index (κ1) is 14.0. The lowest BCUT2D eigenvalue weighted by Crippen LogP contribution is -2.11. The highest BCUT2D eigenvalue weighted by molar-refractivity contribution is 5.73. The summed E-state index contributed by atoms with van der Waals surface area (Å²) in [6.45, 7) is 2.29. The summed E-state index contributed by atoms with van der Waals surface area (Å²) in [4.78, 5) is 21.1. The molecule has 1 aromatic rings. The van der Waals surface area contributed by atoms with Gasteiger partial charge >= 0.3 is 0 Å². The summed E-state index contributed by atoms with van der Waals surface area (Å²) in [6, 6.07) is 5.16. The minimum absolute atomic E-state index is 0.104. The molecule has 0 spiro atoms. The van der Waals surface area contributed by atoms with Crippen molar-refractivity contribution in [2.75, 3.05) is 11.9 Å².